The molecule has 0 unspecified atom stereocenters. The summed E-state index contributed by atoms with van der Waals surface area (Å²) < 4.78 is 0. The van der Waals surface area contributed by atoms with Crippen molar-refractivity contribution in [3.8, 4) is 0 Å². The molecule has 10 radical (unpaired) electrons. The van der Waals surface area contributed by atoms with Gasteiger partial charge in [-0.25, -0.2) is 0 Å². The van der Waals surface area contributed by atoms with E-state index in [1.165, 1.54) is 24.8 Å². The zero-order valence-corrected chi connectivity index (χ0v) is 16.0. The van der Waals surface area contributed by atoms with Gasteiger partial charge in [0, 0.05) is 0 Å². The molecule has 0 spiro atoms. The van der Waals surface area contributed by atoms with Gasteiger partial charge in [-0.1, -0.05) is 33.1 Å². The molecule has 0 aromatic carbocycles. The van der Waals surface area contributed by atoms with E-state index in [2.05, 4.69) is 26.8 Å². The molecule has 2 saturated carbocycles. The molecule has 2 aliphatic carbocycles. The molecule has 0 aromatic heterocycles. The zero-order chi connectivity index (χ0) is 14.9. The second kappa shape index (κ2) is 20.6. The minimum Gasteiger partial charge on any atom is -0.500 e. The Kier molecular flexibility index (Phi) is 23.5. The fraction of sp³-hybridized carbons (Fsp3) is 0.350. The van der Waals surface area contributed by atoms with Crippen LogP contribution < -0.4 is 0 Å². The molecule has 2 rings (SSSR count). The van der Waals surface area contributed by atoms with E-state index >= 15 is 0 Å². The Morgan fingerprint density at radius 2 is 1.14 bits per heavy atom. The van der Waals surface area contributed by atoms with E-state index in [0.717, 1.165) is 12.8 Å². The fourth-order valence-corrected chi connectivity index (χ4v) is 1.55. The number of allylic oxidation sites excluding steroid dienone is 2. The Labute approximate surface area is 154 Å². The van der Waals surface area contributed by atoms with E-state index in [9.17, 15) is 0 Å². The van der Waals surface area contributed by atoms with E-state index in [1.54, 1.807) is 0 Å². The summed E-state index contributed by atoms with van der Waals surface area (Å²) in [5.74, 6) is 0. The molecule has 2 fully saturated rings. The third-order valence-corrected chi connectivity index (χ3v) is 2.59. The maximum atomic E-state index is 3.86. The van der Waals surface area contributed by atoms with E-state index in [4.69, 9.17) is 0 Å². The van der Waals surface area contributed by atoms with Gasteiger partial charge >= 0.3 is 26.2 Å². The van der Waals surface area contributed by atoms with Crippen molar-refractivity contribution in [2.45, 2.75) is 46.0 Å². The van der Waals surface area contributed by atoms with Crippen LogP contribution in [0.25, 0.3) is 0 Å². The maximum absolute atomic E-state index is 3.86. The first kappa shape index (κ1) is 23.9. The van der Waals surface area contributed by atoms with Gasteiger partial charge in [-0.05, 0) is 64.2 Å². The van der Waals surface area contributed by atoms with Crippen LogP contribution in [0.2, 0.25) is 0 Å². The molecule has 0 saturated heterocycles. The minimum atomic E-state index is 0. The van der Waals surface area contributed by atoms with Gasteiger partial charge in [0.1, 0.15) is 0 Å². The second-order valence-corrected chi connectivity index (χ2v) is 4.45. The smallest absolute Gasteiger partial charge is 0.500 e. The topological polar surface area (TPSA) is 0 Å². The van der Waals surface area contributed by atoms with Crippen LogP contribution >= 0.6 is 0 Å². The van der Waals surface area contributed by atoms with Crippen molar-refractivity contribution in [2.75, 3.05) is 0 Å². The molecule has 21 heavy (non-hydrogen) atoms. The molecule has 0 bridgehead atoms. The van der Waals surface area contributed by atoms with Gasteiger partial charge in [-0.2, -0.15) is 12.8 Å². The van der Waals surface area contributed by atoms with Crippen molar-refractivity contribution in [2.24, 2.45) is 0 Å². The summed E-state index contributed by atoms with van der Waals surface area (Å²) in [6, 6.07) is 0. The Bertz CT molecular complexity index is 175. The molecule has 0 amide bonds. The van der Waals surface area contributed by atoms with Crippen molar-refractivity contribution in [3.05, 3.63) is 82.8 Å². The summed E-state index contributed by atoms with van der Waals surface area (Å²) >= 11 is 0. The third kappa shape index (κ3) is 18.6. The van der Waals surface area contributed by atoms with Gasteiger partial charge in [0.2, 0.25) is 0 Å². The first-order chi connectivity index (χ1) is 9.85. The van der Waals surface area contributed by atoms with Crippen LogP contribution in [-0.4, -0.2) is 0 Å². The van der Waals surface area contributed by atoms with Crippen molar-refractivity contribution in [1.82, 2.24) is 0 Å². The number of hydrogen-bond acceptors (Lipinski definition) is 0. The third-order valence-electron chi connectivity index (χ3n) is 2.59. The average Bonchev–Trinajstić information content (AvgIpc) is 3.21. The monoisotopic (exact) mass is 358 g/mol. The predicted molar refractivity (Wildman–Crippen MR) is 89.5 cm³/mol. The Hall–Kier alpha value is 0.623. The first-order valence-electron chi connectivity index (χ1n) is 7.56. The van der Waals surface area contributed by atoms with Gasteiger partial charge in [0.05, 0.1) is 0 Å². The van der Waals surface area contributed by atoms with E-state index < -0.39 is 0 Å². The standard InChI is InChI=1S/C10H18.2C5H5.Zr/c1-4-7-9-10(6-3)8-5-2;2*1-2-4-5-3-1;/h3-8H2,1-2H3;2*1-5H;/q-2;;;+4. The van der Waals surface area contributed by atoms with Crippen LogP contribution in [0.3, 0.4) is 0 Å². The van der Waals surface area contributed by atoms with E-state index in [0.29, 0.717) is 0 Å². The largest absolute Gasteiger partial charge is 4.00 e. The van der Waals surface area contributed by atoms with Gasteiger partial charge in [0.25, 0.3) is 0 Å². The molecule has 0 aliphatic heterocycles. The van der Waals surface area contributed by atoms with Crippen LogP contribution in [0, 0.1) is 77.2 Å². The molecule has 0 aromatic rings. The summed E-state index contributed by atoms with van der Waals surface area (Å²) in [4.78, 5) is 0. The summed E-state index contributed by atoms with van der Waals surface area (Å²) in [6.07, 6.45) is 29.0. The normalized spacial score (nSPS) is 17.2. The van der Waals surface area contributed by atoms with E-state index in [-0.39, 0.29) is 26.2 Å². The zero-order valence-electron chi connectivity index (χ0n) is 13.5. The average molecular weight is 360 g/mol. The Balaban J connectivity index is 0. The van der Waals surface area contributed by atoms with Crippen molar-refractivity contribution >= 4 is 0 Å². The molecule has 0 N–H and O–H groups in total. The molecular weight excluding hydrogens is 331 g/mol. The molecule has 0 atom stereocenters. The first-order valence-corrected chi connectivity index (χ1v) is 7.56. The number of unbranched alkanes of at least 4 members (excludes halogenated alkanes) is 1. The predicted octanol–water partition coefficient (Wildman–Crippen LogP) is 5.58. The molecule has 1 heteroatoms. The van der Waals surface area contributed by atoms with Gasteiger partial charge < -0.3 is 13.0 Å². The quantitative estimate of drug-likeness (QED) is 0.562. The van der Waals surface area contributed by atoms with Crippen molar-refractivity contribution in [3.63, 3.8) is 0 Å². The minimum absolute atomic E-state index is 0. The van der Waals surface area contributed by atoms with Crippen LogP contribution in [0.15, 0.2) is 5.57 Å². The van der Waals surface area contributed by atoms with Crippen LogP contribution in [0.1, 0.15) is 46.0 Å². The summed E-state index contributed by atoms with van der Waals surface area (Å²) in [7, 11) is 0. The van der Waals surface area contributed by atoms with Crippen molar-refractivity contribution < 1.29 is 26.2 Å². The van der Waals surface area contributed by atoms with Crippen LogP contribution in [0.5, 0.6) is 0 Å². The molecule has 2 aliphatic rings. The SMILES string of the molecule is [CH2-]CC(=[C-]CCC)CCC.[CH]1[CH][CH][CH][CH]1.[CH]1[CH][CH][CH][CH]1.[Zr+4]. The maximum Gasteiger partial charge on any atom is 4.00 e. The fourth-order valence-electron chi connectivity index (χ4n) is 1.55. The van der Waals surface area contributed by atoms with Crippen LogP contribution in [0.4, 0.5) is 0 Å². The molecule has 110 valence electrons. The van der Waals surface area contributed by atoms with E-state index in [1.807, 2.05) is 64.2 Å². The molecular formula is C20H28Zr+2. The number of hydrogen-bond donors (Lipinski definition) is 0. The summed E-state index contributed by atoms with van der Waals surface area (Å²) in [6.45, 7) is 8.24. The van der Waals surface area contributed by atoms with Crippen LogP contribution in [-0.2, 0) is 26.2 Å². The Morgan fingerprint density at radius 3 is 1.38 bits per heavy atom. The van der Waals surface area contributed by atoms with Gasteiger partial charge in [0.15, 0.2) is 0 Å². The summed E-state index contributed by atoms with van der Waals surface area (Å²) in [5, 5.41) is 0. The summed E-state index contributed by atoms with van der Waals surface area (Å²) in [5.41, 5.74) is 1.41. The molecule has 0 nitrogen and oxygen atoms in total. The second-order valence-electron chi connectivity index (χ2n) is 4.45. The van der Waals surface area contributed by atoms with Crippen molar-refractivity contribution in [1.29, 1.82) is 0 Å². The number of rotatable bonds is 5. The van der Waals surface area contributed by atoms with Gasteiger partial charge in [-0.15, -0.1) is 0 Å². The Morgan fingerprint density at radius 1 is 0.762 bits per heavy atom. The van der Waals surface area contributed by atoms with Gasteiger partial charge in [-0.3, -0.25) is 5.57 Å². The molecule has 0 heterocycles.